The van der Waals surface area contributed by atoms with E-state index in [1.807, 2.05) is 0 Å². The number of aryl methyl sites for hydroxylation is 1. The van der Waals surface area contributed by atoms with Gasteiger partial charge in [0.05, 0.1) is 15.7 Å². The number of nitrogens with two attached hydrogens (primary N) is 1. The van der Waals surface area contributed by atoms with Crippen molar-refractivity contribution < 1.29 is 8.42 Å². The fourth-order valence-electron chi connectivity index (χ4n) is 1.65. The molecule has 0 spiro atoms. The van der Waals surface area contributed by atoms with Gasteiger partial charge in [-0.15, -0.1) is 0 Å². The van der Waals surface area contributed by atoms with Gasteiger partial charge in [-0.3, -0.25) is 9.71 Å². The molecular weight excluding hydrogens is 321 g/mol. The number of halogens is 2. The lowest BCUT2D eigenvalue weighted by Gasteiger charge is -2.11. The van der Waals surface area contributed by atoms with E-state index < -0.39 is 10.0 Å². The lowest BCUT2D eigenvalue weighted by Crippen LogP contribution is -2.14. The zero-order valence-corrected chi connectivity index (χ0v) is 12.7. The molecule has 0 radical (unpaired) electrons. The van der Waals surface area contributed by atoms with Crippen LogP contribution in [0.25, 0.3) is 0 Å². The first-order valence-corrected chi connectivity index (χ1v) is 7.73. The number of nitrogens with one attached hydrogen (secondary N) is 1. The number of anilines is 2. The first-order chi connectivity index (χ1) is 9.29. The maximum Gasteiger partial charge on any atom is 0.264 e. The molecule has 0 aliphatic heterocycles. The van der Waals surface area contributed by atoms with Crippen LogP contribution in [0.3, 0.4) is 0 Å². The topological polar surface area (TPSA) is 85.1 Å². The first kappa shape index (κ1) is 14.9. The van der Waals surface area contributed by atoms with Gasteiger partial charge >= 0.3 is 0 Å². The van der Waals surface area contributed by atoms with Gasteiger partial charge < -0.3 is 5.73 Å². The van der Waals surface area contributed by atoms with Gasteiger partial charge in [-0.1, -0.05) is 23.2 Å². The second kappa shape index (κ2) is 5.47. The van der Waals surface area contributed by atoms with Gasteiger partial charge in [0, 0.05) is 17.6 Å². The Morgan fingerprint density at radius 3 is 2.35 bits per heavy atom. The standard InChI is InChI=1S/C12H11Cl2N3O2S/c1-7-4-9(2-3-16-7)17-20(18,19)12-10(13)5-8(15)6-11(12)14/h2-6H,15H2,1H3,(H,16,17). The van der Waals surface area contributed by atoms with E-state index in [-0.39, 0.29) is 14.9 Å². The van der Waals surface area contributed by atoms with Gasteiger partial charge in [0.1, 0.15) is 4.90 Å². The number of benzene rings is 1. The van der Waals surface area contributed by atoms with Crippen LogP contribution in [-0.2, 0) is 10.0 Å². The summed E-state index contributed by atoms with van der Waals surface area (Å²) in [4.78, 5) is 3.78. The minimum Gasteiger partial charge on any atom is -0.399 e. The summed E-state index contributed by atoms with van der Waals surface area (Å²) >= 11 is 11.8. The molecular formula is C12H11Cl2N3O2S. The highest BCUT2D eigenvalue weighted by Crippen LogP contribution is 2.32. The molecule has 0 amide bonds. The number of nitrogens with zero attached hydrogens (tertiary/aromatic N) is 1. The summed E-state index contributed by atoms with van der Waals surface area (Å²) < 4.78 is 27.0. The van der Waals surface area contributed by atoms with Gasteiger partial charge in [0.2, 0.25) is 0 Å². The van der Waals surface area contributed by atoms with E-state index in [1.54, 1.807) is 13.0 Å². The molecule has 0 saturated carbocycles. The average molecular weight is 332 g/mol. The van der Waals surface area contributed by atoms with Crippen molar-refractivity contribution in [1.82, 2.24) is 4.98 Å². The van der Waals surface area contributed by atoms with Crippen molar-refractivity contribution in [3.8, 4) is 0 Å². The molecule has 1 aromatic carbocycles. The molecule has 1 heterocycles. The van der Waals surface area contributed by atoms with E-state index in [1.165, 1.54) is 24.4 Å². The Hall–Kier alpha value is -1.50. The molecule has 0 bridgehead atoms. The van der Waals surface area contributed by atoms with Crippen LogP contribution in [0, 0.1) is 6.92 Å². The number of pyridine rings is 1. The van der Waals surface area contributed by atoms with Gasteiger partial charge in [-0.2, -0.15) is 0 Å². The summed E-state index contributed by atoms with van der Waals surface area (Å²) in [5.74, 6) is 0. The van der Waals surface area contributed by atoms with E-state index >= 15 is 0 Å². The molecule has 5 nitrogen and oxygen atoms in total. The average Bonchev–Trinajstić information content (AvgIpc) is 2.25. The molecule has 1 aromatic heterocycles. The number of rotatable bonds is 3. The van der Waals surface area contributed by atoms with E-state index in [0.29, 0.717) is 17.1 Å². The number of sulfonamides is 1. The van der Waals surface area contributed by atoms with Crippen molar-refractivity contribution >= 4 is 44.6 Å². The summed E-state index contributed by atoms with van der Waals surface area (Å²) in [7, 11) is -3.91. The third kappa shape index (κ3) is 3.15. The molecule has 0 unspecified atom stereocenters. The van der Waals surface area contributed by atoms with Crippen LogP contribution in [-0.4, -0.2) is 13.4 Å². The molecule has 0 atom stereocenters. The molecule has 106 valence electrons. The van der Waals surface area contributed by atoms with Crippen molar-refractivity contribution in [2.24, 2.45) is 0 Å². The SMILES string of the molecule is Cc1cc(NS(=O)(=O)c2c(Cl)cc(N)cc2Cl)ccn1. The van der Waals surface area contributed by atoms with E-state index in [9.17, 15) is 8.42 Å². The first-order valence-electron chi connectivity index (χ1n) is 5.49. The molecule has 0 fully saturated rings. The molecule has 2 aromatic rings. The largest absolute Gasteiger partial charge is 0.399 e. The summed E-state index contributed by atoms with van der Waals surface area (Å²) in [6.07, 6.45) is 1.50. The quantitative estimate of drug-likeness (QED) is 0.846. The maximum absolute atomic E-state index is 12.3. The minimum atomic E-state index is -3.91. The number of hydrogen-bond donors (Lipinski definition) is 2. The van der Waals surface area contributed by atoms with E-state index in [2.05, 4.69) is 9.71 Å². The molecule has 8 heteroatoms. The zero-order valence-electron chi connectivity index (χ0n) is 10.4. The highest BCUT2D eigenvalue weighted by Gasteiger charge is 2.22. The second-order valence-electron chi connectivity index (χ2n) is 4.11. The van der Waals surface area contributed by atoms with Gasteiger partial charge in [0.25, 0.3) is 10.0 Å². The fraction of sp³-hybridized carbons (Fsp3) is 0.0833. The molecule has 3 N–H and O–H groups in total. The second-order valence-corrected chi connectivity index (χ2v) is 6.54. The lowest BCUT2D eigenvalue weighted by molar-refractivity contribution is 0.601. The third-order valence-corrected chi connectivity index (χ3v) is 4.74. The van der Waals surface area contributed by atoms with Gasteiger partial charge in [-0.05, 0) is 31.2 Å². The molecule has 0 aliphatic rings. The van der Waals surface area contributed by atoms with E-state index in [4.69, 9.17) is 28.9 Å². The van der Waals surface area contributed by atoms with Crippen molar-refractivity contribution in [3.63, 3.8) is 0 Å². The number of nitrogen functional groups attached to an aromatic ring is 1. The minimum absolute atomic E-state index is 0.0340. The summed E-state index contributed by atoms with van der Waals surface area (Å²) in [6, 6.07) is 5.79. The Morgan fingerprint density at radius 1 is 1.20 bits per heavy atom. The van der Waals surface area contributed by atoms with Crippen molar-refractivity contribution in [2.45, 2.75) is 11.8 Å². The predicted octanol–water partition coefficient (Wildman–Crippen LogP) is 3.08. The van der Waals surface area contributed by atoms with Crippen LogP contribution < -0.4 is 10.5 Å². The third-order valence-electron chi connectivity index (χ3n) is 2.44. The summed E-state index contributed by atoms with van der Waals surface area (Å²) in [5.41, 5.74) is 6.90. The van der Waals surface area contributed by atoms with Crippen LogP contribution in [0.1, 0.15) is 5.69 Å². The van der Waals surface area contributed by atoms with Crippen LogP contribution >= 0.6 is 23.2 Å². The Kier molecular flexibility index (Phi) is 4.08. The summed E-state index contributed by atoms with van der Waals surface area (Å²) in [5, 5.41) is -0.0680. The van der Waals surface area contributed by atoms with Gasteiger partial charge in [0.15, 0.2) is 0 Å². The summed E-state index contributed by atoms with van der Waals surface area (Å²) in [6.45, 7) is 1.75. The number of aromatic nitrogens is 1. The van der Waals surface area contributed by atoms with Crippen LogP contribution in [0.15, 0.2) is 35.4 Å². The molecule has 20 heavy (non-hydrogen) atoms. The fourth-order valence-corrected chi connectivity index (χ4v) is 3.94. The highest BCUT2D eigenvalue weighted by atomic mass is 35.5. The molecule has 2 rings (SSSR count). The Morgan fingerprint density at radius 2 is 1.80 bits per heavy atom. The van der Waals surface area contributed by atoms with Crippen LogP contribution in [0.5, 0.6) is 0 Å². The van der Waals surface area contributed by atoms with Crippen molar-refractivity contribution in [3.05, 3.63) is 46.2 Å². The maximum atomic E-state index is 12.3. The number of hydrogen-bond acceptors (Lipinski definition) is 4. The normalized spacial score (nSPS) is 11.3. The van der Waals surface area contributed by atoms with Crippen molar-refractivity contribution in [2.75, 3.05) is 10.5 Å². The molecule has 0 aliphatic carbocycles. The predicted molar refractivity (Wildman–Crippen MR) is 80.7 cm³/mol. The monoisotopic (exact) mass is 331 g/mol. The van der Waals surface area contributed by atoms with Crippen molar-refractivity contribution in [1.29, 1.82) is 0 Å². The van der Waals surface area contributed by atoms with E-state index in [0.717, 1.165) is 0 Å². The Bertz CT molecular complexity index is 740. The Labute approximate surface area is 126 Å². The zero-order chi connectivity index (χ0) is 14.9. The van der Waals surface area contributed by atoms with Crippen LogP contribution in [0.2, 0.25) is 10.0 Å². The smallest absolute Gasteiger partial charge is 0.264 e. The lowest BCUT2D eigenvalue weighted by atomic mass is 10.3. The highest BCUT2D eigenvalue weighted by molar-refractivity contribution is 7.93. The Balaban J connectivity index is 2.46. The van der Waals surface area contributed by atoms with Crippen LogP contribution in [0.4, 0.5) is 11.4 Å². The van der Waals surface area contributed by atoms with Gasteiger partial charge in [-0.25, -0.2) is 8.42 Å². The molecule has 0 saturated heterocycles.